The van der Waals surface area contributed by atoms with E-state index in [9.17, 15) is 9.59 Å². The minimum atomic E-state index is -0.902. The zero-order valence-corrected chi connectivity index (χ0v) is 7.82. The van der Waals surface area contributed by atoms with Gasteiger partial charge < -0.3 is 15.4 Å². The third kappa shape index (κ3) is 1.98. The Hall–Kier alpha value is -1.10. The van der Waals surface area contributed by atoms with E-state index < -0.39 is 11.8 Å². The summed E-state index contributed by atoms with van der Waals surface area (Å²) in [6.07, 6.45) is 0. The molecule has 0 aliphatic carbocycles. The van der Waals surface area contributed by atoms with E-state index in [1.165, 1.54) is 4.90 Å². The number of amides is 2. The smallest absolute Gasteiger partial charge is 0.312 e. The maximum absolute atomic E-state index is 11.3. The maximum Gasteiger partial charge on any atom is 0.312 e. The Balaban J connectivity index is 2.74. The molecule has 0 saturated carbocycles. The van der Waals surface area contributed by atoms with E-state index in [2.05, 4.69) is 0 Å². The van der Waals surface area contributed by atoms with Crippen LogP contribution in [0.2, 0.25) is 0 Å². The third-order valence-corrected chi connectivity index (χ3v) is 2.11. The number of hydrogen-bond acceptors (Lipinski definition) is 3. The molecular weight excluding hydrogens is 172 g/mol. The highest BCUT2D eigenvalue weighted by molar-refractivity contribution is 6.34. The number of nitrogens with two attached hydrogens (primary N) is 1. The summed E-state index contributed by atoms with van der Waals surface area (Å²) < 4.78 is 5.21. The number of ether oxygens (including phenoxy) is 1. The molecular formula is C8H14N2O3. The zero-order valence-electron chi connectivity index (χ0n) is 7.82. The van der Waals surface area contributed by atoms with Crippen molar-refractivity contribution in [2.24, 2.45) is 5.73 Å². The van der Waals surface area contributed by atoms with Gasteiger partial charge in [0.15, 0.2) is 0 Å². The van der Waals surface area contributed by atoms with Crippen molar-refractivity contribution in [3.63, 3.8) is 0 Å². The normalized spacial score (nSPS) is 28.6. The number of carbonyl (C=O) groups is 2. The highest BCUT2D eigenvalue weighted by Crippen LogP contribution is 2.12. The van der Waals surface area contributed by atoms with Crippen molar-refractivity contribution in [3.8, 4) is 0 Å². The standard InChI is InChI=1S/C8H14N2O3/c1-5-3-13-4-6(2)10(5)8(12)7(9)11/h5-6H,3-4H2,1-2H3,(H2,9,11)/t5-,6-/m0/s1. The molecule has 0 aromatic heterocycles. The molecule has 5 nitrogen and oxygen atoms in total. The Labute approximate surface area is 76.8 Å². The Morgan fingerprint density at radius 3 is 2.15 bits per heavy atom. The largest absolute Gasteiger partial charge is 0.377 e. The van der Waals surface area contributed by atoms with E-state index in [4.69, 9.17) is 10.5 Å². The topological polar surface area (TPSA) is 72.6 Å². The second-order valence-electron chi connectivity index (χ2n) is 3.31. The lowest BCUT2D eigenvalue weighted by molar-refractivity contribution is -0.153. The minimum Gasteiger partial charge on any atom is -0.377 e. The van der Waals surface area contributed by atoms with Crippen LogP contribution in [0.15, 0.2) is 0 Å². The molecule has 5 heteroatoms. The number of morpholine rings is 1. The summed E-state index contributed by atoms with van der Waals surface area (Å²) in [4.78, 5) is 23.5. The highest BCUT2D eigenvalue weighted by Gasteiger charge is 2.31. The molecule has 2 N–H and O–H groups in total. The third-order valence-electron chi connectivity index (χ3n) is 2.11. The molecule has 13 heavy (non-hydrogen) atoms. The molecule has 2 amide bonds. The molecule has 0 bridgehead atoms. The average molecular weight is 186 g/mol. The molecule has 0 aromatic carbocycles. The van der Waals surface area contributed by atoms with Crippen molar-refractivity contribution in [2.45, 2.75) is 25.9 Å². The predicted octanol–water partition coefficient (Wildman–Crippen LogP) is -0.892. The number of hydrogen-bond donors (Lipinski definition) is 1. The molecule has 1 saturated heterocycles. The van der Waals surface area contributed by atoms with Gasteiger partial charge in [0.1, 0.15) is 0 Å². The van der Waals surface area contributed by atoms with Crippen LogP contribution in [0, 0.1) is 0 Å². The van der Waals surface area contributed by atoms with Crippen molar-refractivity contribution in [1.29, 1.82) is 0 Å². The molecule has 0 radical (unpaired) electrons. The van der Waals surface area contributed by atoms with Crippen LogP contribution >= 0.6 is 0 Å². The van der Waals surface area contributed by atoms with Gasteiger partial charge in [-0.2, -0.15) is 0 Å². The Kier molecular flexibility index (Phi) is 2.87. The van der Waals surface area contributed by atoms with Crippen LogP contribution in [0.1, 0.15) is 13.8 Å². The lowest BCUT2D eigenvalue weighted by Crippen LogP contribution is -2.55. The first kappa shape index (κ1) is 9.98. The van der Waals surface area contributed by atoms with Crippen LogP contribution in [0.4, 0.5) is 0 Å². The summed E-state index contributed by atoms with van der Waals surface area (Å²) >= 11 is 0. The molecule has 1 fully saturated rings. The molecule has 1 aliphatic rings. The van der Waals surface area contributed by atoms with E-state index in [-0.39, 0.29) is 12.1 Å². The van der Waals surface area contributed by atoms with Crippen LogP contribution < -0.4 is 5.73 Å². The first-order valence-electron chi connectivity index (χ1n) is 4.24. The van der Waals surface area contributed by atoms with Crippen molar-refractivity contribution in [2.75, 3.05) is 13.2 Å². The van der Waals surface area contributed by atoms with Gasteiger partial charge in [0.05, 0.1) is 25.3 Å². The van der Waals surface area contributed by atoms with Crippen LogP contribution in [0.25, 0.3) is 0 Å². The first-order valence-corrected chi connectivity index (χ1v) is 4.24. The summed E-state index contributed by atoms with van der Waals surface area (Å²) in [5.74, 6) is -1.52. The average Bonchev–Trinajstić information content (AvgIpc) is 2.03. The van der Waals surface area contributed by atoms with Gasteiger partial charge in [-0.15, -0.1) is 0 Å². The van der Waals surface area contributed by atoms with Crippen LogP contribution in [0.5, 0.6) is 0 Å². The van der Waals surface area contributed by atoms with Gasteiger partial charge >= 0.3 is 11.8 Å². The minimum absolute atomic E-state index is 0.0799. The highest BCUT2D eigenvalue weighted by atomic mass is 16.5. The summed E-state index contributed by atoms with van der Waals surface area (Å²) in [5.41, 5.74) is 4.92. The van der Waals surface area contributed by atoms with Gasteiger partial charge in [-0.3, -0.25) is 9.59 Å². The van der Waals surface area contributed by atoms with Crippen molar-refractivity contribution in [3.05, 3.63) is 0 Å². The van der Waals surface area contributed by atoms with Crippen molar-refractivity contribution in [1.82, 2.24) is 4.90 Å². The molecule has 0 unspecified atom stereocenters. The van der Waals surface area contributed by atoms with Gasteiger partial charge in [-0.25, -0.2) is 0 Å². The molecule has 1 aliphatic heterocycles. The fraction of sp³-hybridized carbons (Fsp3) is 0.750. The summed E-state index contributed by atoms with van der Waals surface area (Å²) in [5, 5.41) is 0. The molecule has 1 heterocycles. The second-order valence-corrected chi connectivity index (χ2v) is 3.31. The molecule has 0 spiro atoms. The van der Waals surface area contributed by atoms with Crippen LogP contribution in [0.3, 0.4) is 0 Å². The number of rotatable bonds is 0. The predicted molar refractivity (Wildman–Crippen MR) is 45.8 cm³/mol. The summed E-state index contributed by atoms with van der Waals surface area (Å²) in [7, 11) is 0. The van der Waals surface area contributed by atoms with E-state index in [0.717, 1.165) is 0 Å². The fourth-order valence-electron chi connectivity index (χ4n) is 1.53. The lowest BCUT2D eigenvalue weighted by Gasteiger charge is -2.37. The van der Waals surface area contributed by atoms with Gasteiger partial charge in [-0.1, -0.05) is 0 Å². The second kappa shape index (κ2) is 3.74. The Morgan fingerprint density at radius 1 is 1.31 bits per heavy atom. The van der Waals surface area contributed by atoms with E-state index in [0.29, 0.717) is 13.2 Å². The zero-order chi connectivity index (χ0) is 10.0. The van der Waals surface area contributed by atoms with Crippen molar-refractivity contribution >= 4 is 11.8 Å². The quantitative estimate of drug-likeness (QED) is 0.499. The maximum atomic E-state index is 11.3. The fourth-order valence-corrected chi connectivity index (χ4v) is 1.53. The molecule has 1 rings (SSSR count). The molecule has 0 aromatic rings. The Morgan fingerprint density at radius 2 is 1.77 bits per heavy atom. The van der Waals surface area contributed by atoms with Gasteiger partial charge in [0, 0.05) is 0 Å². The number of primary amides is 1. The van der Waals surface area contributed by atoms with Gasteiger partial charge in [0.25, 0.3) is 0 Å². The van der Waals surface area contributed by atoms with Crippen molar-refractivity contribution < 1.29 is 14.3 Å². The number of nitrogens with zero attached hydrogens (tertiary/aromatic N) is 1. The number of carbonyl (C=O) groups excluding carboxylic acids is 2. The summed E-state index contributed by atoms with van der Waals surface area (Å²) in [6, 6.07) is -0.160. The molecule has 2 atom stereocenters. The van der Waals surface area contributed by atoms with E-state index in [1.807, 2.05) is 13.8 Å². The molecule has 74 valence electrons. The van der Waals surface area contributed by atoms with Crippen LogP contribution in [-0.4, -0.2) is 42.0 Å². The Bertz CT molecular complexity index is 219. The monoisotopic (exact) mass is 186 g/mol. The van der Waals surface area contributed by atoms with E-state index in [1.54, 1.807) is 0 Å². The van der Waals surface area contributed by atoms with E-state index >= 15 is 0 Å². The van der Waals surface area contributed by atoms with Gasteiger partial charge in [-0.05, 0) is 13.8 Å². The summed E-state index contributed by atoms with van der Waals surface area (Å²) in [6.45, 7) is 4.58. The first-order chi connectivity index (χ1) is 6.04. The lowest BCUT2D eigenvalue weighted by atomic mass is 10.1. The van der Waals surface area contributed by atoms with Gasteiger partial charge in [0.2, 0.25) is 0 Å². The SMILES string of the molecule is C[C@H]1COC[C@H](C)N1C(=O)C(N)=O. The van der Waals surface area contributed by atoms with Crippen LogP contribution in [-0.2, 0) is 14.3 Å².